The molecule has 2 nitrogen and oxygen atoms in total. The molecule has 0 radical (unpaired) electrons. The standard InChI is InChI=1S/C5H12N2/c1-6-4-3-5-7-2/h4,7H,3,5H2,1-2H3/b6-4+. The van der Waals surface area contributed by atoms with Gasteiger partial charge in [0.25, 0.3) is 0 Å². The summed E-state index contributed by atoms with van der Waals surface area (Å²) in [7, 11) is 3.72. The molecule has 0 aliphatic rings. The van der Waals surface area contributed by atoms with Gasteiger partial charge in [0.05, 0.1) is 0 Å². The zero-order valence-electron chi connectivity index (χ0n) is 4.94. The predicted molar refractivity (Wildman–Crippen MR) is 33.0 cm³/mol. The van der Waals surface area contributed by atoms with Crippen LogP contribution in [-0.4, -0.2) is 26.9 Å². The quantitative estimate of drug-likeness (QED) is 0.400. The van der Waals surface area contributed by atoms with E-state index < -0.39 is 0 Å². The fraction of sp³-hybridized carbons (Fsp3) is 0.800. The molecular weight excluding hydrogens is 88.1 g/mol. The molecule has 0 aromatic heterocycles. The largest absolute Gasteiger partial charge is 0.319 e. The van der Waals surface area contributed by atoms with Gasteiger partial charge in [-0.1, -0.05) is 0 Å². The first kappa shape index (κ1) is 6.63. The highest BCUT2D eigenvalue weighted by atomic mass is 14.8. The molecule has 0 aromatic rings. The Bertz CT molecular complexity index is 50.0. The van der Waals surface area contributed by atoms with Crippen LogP contribution in [0.4, 0.5) is 0 Å². The van der Waals surface area contributed by atoms with Gasteiger partial charge in [0.1, 0.15) is 0 Å². The van der Waals surface area contributed by atoms with E-state index in [0.29, 0.717) is 0 Å². The SMILES string of the molecule is C/N=C/CCNC. The molecular formula is C5H12N2. The molecule has 7 heavy (non-hydrogen) atoms. The Kier molecular flexibility index (Phi) is 5.33. The second-order valence-electron chi connectivity index (χ2n) is 1.33. The van der Waals surface area contributed by atoms with E-state index in [0.717, 1.165) is 13.0 Å². The first-order valence-electron chi connectivity index (χ1n) is 2.47. The zero-order chi connectivity index (χ0) is 5.54. The van der Waals surface area contributed by atoms with Crippen molar-refractivity contribution >= 4 is 6.21 Å². The van der Waals surface area contributed by atoms with E-state index in [-0.39, 0.29) is 0 Å². The molecule has 0 aliphatic carbocycles. The molecule has 0 aliphatic heterocycles. The lowest BCUT2D eigenvalue weighted by atomic mass is 10.5. The maximum Gasteiger partial charge on any atom is 0.0273 e. The molecule has 0 fully saturated rings. The van der Waals surface area contributed by atoms with Crippen LogP contribution < -0.4 is 5.32 Å². The van der Waals surface area contributed by atoms with Crippen molar-refractivity contribution in [3.8, 4) is 0 Å². The Balaban J connectivity index is 2.69. The molecule has 0 saturated heterocycles. The lowest BCUT2D eigenvalue weighted by Crippen LogP contribution is -2.07. The summed E-state index contributed by atoms with van der Waals surface area (Å²) in [6.07, 6.45) is 2.93. The van der Waals surface area contributed by atoms with Crippen LogP contribution in [0.1, 0.15) is 6.42 Å². The monoisotopic (exact) mass is 100 g/mol. The highest BCUT2D eigenvalue weighted by molar-refractivity contribution is 5.56. The number of nitrogens with zero attached hydrogens (tertiary/aromatic N) is 1. The van der Waals surface area contributed by atoms with Gasteiger partial charge in [-0.15, -0.1) is 0 Å². The van der Waals surface area contributed by atoms with Gasteiger partial charge < -0.3 is 10.3 Å². The lowest BCUT2D eigenvalue weighted by Gasteiger charge is -1.87. The summed E-state index contributed by atoms with van der Waals surface area (Å²) in [6, 6.07) is 0. The molecule has 0 unspecified atom stereocenters. The van der Waals surface area contributed by atoms with Crippen LogP contribution in [0.15, 0.2) is 4.99 Å². The summed E-state index contributed by atoms with van der Waals surface area (Å²) in [6.45, 7) is 1.03. The predicted octanol–water partition coefficient (Wildman–Crippen LogP) is 0.297. The third kappa shape index (κ3) is 5.63. The molecule has 0 amide bonds. The van der Waals surface area contributed by atoms with Gasteiger partial charge in [-0.3, -0.25) is 0 Å². The topological polar surface area (TPSA) is 24.4 Å². The molecule has 1 N–H and O–H groups in total. The van der Waals surface area contributed by atoms with Crippen LogP contribution in [0.25, 0.3) is 0 Å². The van der Waals surface area contributed by atoms with E-state index in [9.17, 15) is 0 Å². The third-order valence-corrected chi connectivity index (χ3v) is 0.706. The molecule has 0 saturated carbocycles. The molecule has 0 heterocycles. The van der Waals surface area contributed by atoms with Crippen LogP contribution in [0, 0.1) is 0 Å². The van der Waals surface area contributed by atoms with Crippen molar-refractivity contribution < 1.29 is 0 Å². The minimum absolute atomic E-state index is 1.03. The molecule has 0 rings (SSSR count). The second-order valence-corrected chi connectivity index (χ2v) is 1.33. The van der Waals surface area contributed by atoms with Crippen LogP contribution in [-0.2, 0) is 0 Å². The summed E-state index contributed by atoms with van der Waals surface area (Å²) in [5, 5.41) is 3.01. The number of rotatable bonds is 3. The smallest absolute Gasteiger partial charge is 0.0273 e. The average Bonchev–Trinajstić information content (AvgIpc) is 1.69. The van der Waals surface area contributed by atoms with Crippen LogP contribution in [0.2, 0.25) is 0 Å². The number of hydrogen-bond donors (Lipinski definition) is 1. The number of aliphatic imine (C=N–C) groups is 1. The minimum Gasteiger partial charge on any atom is -0.319 e. The van der Waals surface area contributed by atoms with Gasteiger partial charge in [-0.25, -0.2) is 0 Å². The fourth-order valence-corrected chi connectivity index (χ4v) is 0.338. The summed E-state index contributed by atoms with van der Waals surface area (Å²) < 4.78 is 0. The van der Waals surface area contributed by atoms with Crippen molar-refractivity contribution in [3.63, 3.8) is 0 Å². The summed E-state index contributed by atoms with van der Waals surface area (Å²) >= 11 is 0. The molecule has 2 heteroatoms. The molecule has 0 atom stereocenters. The van der Waals surface area contributed by atoms with E-state index in [2.05, 4.69) is 10.3 Å². The highest BCUT2D eigenvalue weighted by Gasteiger charge is 1.71. The Morgan fingerprint density at radius 1 is 1.71 bits per heavy atom. The Labute approximate surface area is 44.6 Å². The van der Waals surface area contributed by atoms with Gasteiger partial charge in [0.2, 0.25) is 0 Å². The molecule has 0 bridgehead atoms. The van der Waals surface area contributed by atoms with E-state index in [1.165, 1.54) is 0 Å². The van der Waals surface area contributed by atoms with Crippen molar-refractivity contribution in [1.82, 2.24) is 5.32 Å². The van der Waals surface area contributed by atoms with E-state index in [4.69, 9.17) is 0 Å². The van der Waals surface area contributed by atoms with E-state index in [1.807, 2.05) is 13.3 Å². The van der Waals surface area contributed by atoms with Crippen molar-refractivity contribution in [3.05, 3.63) is 0 Å². The zero-order valence-corrected chi connectivity index (χ0v) is 4.94. The fourth-order valence-electron chi connectivity index (χ4n) is 0.338. The van der Waals surface area contributed by atoms with Gasteiger partial charge in [0, 0.05) is 7.05 Å². The van der Waals surface area contributed by atoms with Crippen LogP contribution in [0.5, 0.6) is 0 Å². The molecule has 0 aromatic carbocycles. The molecule has 42 valence electrons. The van der Waals surface area contributed by atoms with Gasteiger partial charge in [-0.05, 0) is 26.2 Å². The average molecular weight is 100 g/mol. The number of nitrogens with one attached hydrogen (secondary N) is 1. The summed E-state index contributed by atoms with van der Waals surface area (Å²) in [4.78, 5) is 3.81. The maximum atomic E-state index is 3.81. The van der Waals surface area contributed by atoms with Crippen molar-refractivity contribution in [2.24, 2.45) is 4.99 Å². The number of hydrogen-bond acceptors (Lipinski definition) is 2. The third-order valence-electron chi connectivity index (χ3n) is 0.706. The van der Waals surface area contributed by atoms with Crippen molar-refractivity contribution in [1.29, 1.82) is 0 Å². The van der Waals surface area contributed by atoms with E-state index >= 15 is 0 Å². The second kappa shape index (κ2) is 5.63. The Morgan fingerprint density at radius 2 is 2.43 bits per heavy atom. The van der Waals surface area contributed by atoms with E-state index in [1.54, 1.807) is 7.05 Å². The summed E-state index contributed by atoms with van der Waals surface area (Å²) in [5.41, 5.74) is 0. The Hall–Kier alpha value is -0.370. The minimum atomic E-state index is 1.03. The van der Waals surface area contributed by atoms with Crippen molar-refractivity contribution in [2.45, 2.75) is 6.42 Å². The summed E-state index contributed by atoms with van der Waals surface area (Å²) in [5.74, 6) is 0. The van der Waals surface area contributed by atoms with Crippen LogP contribution >= 0.6 is 0 Å². The first-order chi connectivity index (χ1) is 3.41. The van der Waals surface area contributed by atoms with Crippen molar-refractivity contribution in [2.75, 3.05) is 20.6 Å². The highest BCUT2D eigenvalue weighted by Crippen LogP contribution is 1.65. The normalized spacial score (nSPS) is 10.6. The lowest BCUT2D eigenvalue weighted by molar-refractivity contribution is 0.829. The first-order valence-corrected chi connectivity index (χ1v) is 2.47. The maximum absolute atomic E-state index is 3.81. The Morgan fingerprint density at radius 3 is 2.86 bits per heavy atom. The van der Waals surface area contributed by atoms with Crippen LogP contribution in [0.3, 0.4) is 0 Å². The molecule has 0 spiro atoms. The van der Waals surface area contributed by atoms with Gasteiger partial charge in [-0.2, -0.15) is 0 Å². The van der Waals surface area contributed by atoms with Gasteiger partial charge in [0.15, 0.2) is 0 Å². The van der Waals surface area contributed by atoms with Gasteiger partial charge >= 0.3 is 0 Å².